The summed E-state index contributed by atoms with van der Waals surface area (Å²) in [4.78, 5) is 15.0. The Kier molecular flexibility index (Phi) is 4.73. The van der Waals surface area contributed by atoms with Crippen LogP contribution in [0.4, 0.5) is 0 Å². The number of hydrogen-bond acceptors (Lipinski definition) is 5. The van der Waals surface area contributed by atoms with Gasteiger partial charge >= 0.3 is 5.97 Å². The second-order valence-corrected chi connectivity index (χ2v) is 4.20. The lowest BCUT2D eigenvalue weighted by molar-refractivity contribution is -0.142. The average molecular weight is 275 g/mol. The third-order valence-electron chi connectivity index (χ3n) is 2.96. The highest BCUT2D eigenvalue weighted by molar-refractivity contribution is 5.70. The van der Waals surface area contributed by atoms with Gasteiger partial charge in [-0.15, -0.1) is 0 Å². The topological polar surface area (TPSA) is 79.4 Å². The van der Waals surface area contributed by atoms with Gasteiger partial charge in [-0.05, 0) is 17.7 Å². The van der Waals surface area contributed by atoms with E-state index in [2.05, 4.69) is 9.72 Å². The number of methoxy groups -OCH3 is 1. The first-order chi connectivity index (χ1) is 9.74. The minimum Gasteiger partial charge on any atom is -0.482 e. The molecule has 106 valence electrons. The molecule has 0 amide bonds. The van der Waals surface area contributed by atoms with Crippen LogP contribution < -0.4 is 10.5 Å². The number of aromatic nitrogens is 2. The molecule has 2 aromatic rings. The van der Waals surface area contributed by atoms with Crippen LogP contribution in [-0.4, -0.2) is 35.8 Å². The fraction of sp³-hybridized carbons (Fsp3) is 0.286. The van der Waals surface area contributed by atoms with Crippen molar-refractivity contribution in [3.8, 4) is 5.75 Å². The molecular formula is C14H17N3O3. The van der Waals surface area contributed by atoms with Crippen molar-refractivity contribution in [3.05, 3.63) is 48.5 Å². The Morgan fingerprint density at radius 1 is 1.40 bits per heavy atom. The van der Waals surface area contributed by atoms with Gasteiger partial charge in [-0.3, -0.25) is 0 Å². The van der Waals surface area contributed by atoms with Gasteiger partial charge in [-0.25, -0.2) is 9.78 Å². The zero-order valence-corrected chi connectivity index (χ0v) is 11.2. The van der Waals surface area contributed by atoms with E-state index in [1.807, 2.05) is 22.9 Å². The SMILES string of the molecule is COC(=O)COc1ccc(C(CN)n2ccnc2)cc1. The number of nitrogens with two attached hydrogens (primary N) is 1. The van der Waals surface area contributed by atoms with Crippen molar-refractivity contribution in [2.24, 2.45) is 5.73 Å². The molecule has 0 aliphatic heterocycles. The van der Waals surface area contributed by atoms with Gasteiger partial charge in [0.25, 0.3) is 0 Å². The standard InChI is InChI=1S/C14H17N3O3/c1-19-14(18)9-20-12-4-2-11(3-5-12)13(8-15)17-7-6-16-10-17/h2-7,10,13H,8-9,15H2,1H3. The van der Waals surface area contributed by atoms with Gasteiger partial charge < -0.3 is 19.8 Å². The van der Waals surface area contributed by atoms with Crippen molar-refractivity contribution in [1.82, 2.24) is 9.55 Å². The summed E-state index contributed by atoms with van der Waals surface area (Å²) < 4.78 is 11.8. The third kappa shape index (κ3) is 3.36. The molecular weight excluding hydrogens is 258 g/mol. The number of imidazole rings is 1. The quantitative estimate of drug-likeness (QED) is 0.795. The van der Waals surface area contributed by atoms with Crippen molar-refractivity contribution in [3.63, 3.8) is 0 Å². The number of carbonyl (C=O) groups is 1. The predicted octanol–water partition coefficient (Wildman–Crippen LogP) is 0.983. The lowest BCUT2D eigenvalue weighted by Gasteiger charge is -2.17. The van der Waals surface area contributed by atoms with Gasteiger partial charge in [0.1, 0.15) is 5.75 Å². The average Bonchev–Trinajstić information content (AvgIpc) is 3.01. The summed E-state index contributed by atoms with van der Waals surface area (Å²) in [6, 6.07) is 7.48. The van der Waals surface area contributed by atoms with Crippen LogP contribution in [0.3, 0.4) is 0 Å². The Morgan fingerprint density at radius 2 is 2.15 bits per heavy atom. The molecule has 1 heterocycles. The van der Waals surface area contributed by atoms with Gasteiger partial charge in [0.05, 0.1) is 19.5 Å². The molecule has 0 saturated heterocycles. The molecule has 2 N–H and O–H groups in total. The molecule has 0 aliphatic carbocycles. The summed E-state index contributed by atoms with van der Waals surface area (Å²) >= 11 is 0. The van der Waals surface area contributed by atoms with Crippen LogP contribution in [0.25, 0.3) is 0 Å². The third-order valence-corrected chi connectivity index (χ3v) is 2.96. The molecule has 1 atom stereocenters. The largest absolute Gasteiger partial charge is 0.482 e. The highest BCUT2D eigenvalue weighted by Crippen LogP contribution is 2.20. The highest BCUT2D eigenvalue weighted by Gasteiger charge is 2.11. The molecule has 0 saturated carbocycles. The molecule has 20 heavy (non-hydrogen) atoms. The first kappa shape index (κ1) is 14.1. The Morgan fingerprint density at radius 3 is 2.70 bits per heavy atom. The van der Waals surface area contributed by atoms with E-state index in [-0.39, 0.29) is 12.6 Å². The minimum absolute atomic E-state index is 0.0344. The maximum Gasteiger partial charge on any atom is 0.343 e. The normalized spacial score (nSPS) is 11.9. The number of rotatable bonds is 6. The number of hydrogen-bond donors (Lipinski definition) is 1. The number of ether oxygens (including phenoxy) is 2. The second-order valence-electron chi connectivity index (χ2n) is 4.20. The number of nitrogens with zero attached hydrogens (tertiary/aromatic N) is 2. The molecule has 0 fully saturated rings. The van der Waals surface area contributed by atoms with Gasteiger partial charge in [0.2, 0.25) is 0 Å². The number of esters is 1. The monoisotopic (exact) mass is 275 g/mol. The fourth-order valence-electron chi connectivity index (χ4n) is 1.87. The number of benzene rings is 1. The summed E-state index contributed by atoms with van der Waals surface area (Å²) in [6.45, 7) is 0.371. The van der Waals surface area contributed by atoms with Crippen LogP contribution in [0, 0.1) is 0 Å². The molecule has 0 aliphatic rings. The molecule has 1 aromatic carbocycles. The molecule has 6 nitrogen and oxygen atoms in total. The summed E-state index contributed by atoms with van der Waals surface area (Å²) in [5.41, 5.74) is 6.86. The molecule has 0 radical (unpaired) electrons. The zero-order valence-electron chi connectivity index (χ0n) is 11.2. The highest BCUT2D eigenvalue weighted by atomic mass is 16.6. The van der Waals surface area contributed by atoms with Crippen molar-refractivity contribution in [1.29, 1.82) is 0 Å². The molecule has 0 spiro atoms. The van der Waals surface area contributed by atoms with E-state index in [1.165, 1.54) is 7.11 Å². The van der Waals surface area contributed by atoms with E-state index < -0.39 is 5.97 Å². The predicted molar refractivity (Wildman–Crippen MR) is 73.4 cm³/mol. The van der Waals surface area contributed by atoms with Crippen molar-refractivity contribution in [2.75, 3.05) is 20.3 Å². The van der Waals surface area contributed by atoms with Crippen LogP contribution in [0.1, 0.15) is 11.6 Å². The first-order valence-corrected chi connectivity index (χ1v) is 6.21. The molecule has 6 heteroatoms. The summed E-state index contributed by atoms with van der Waals surface area (Å²) in [7, 11) is 1.33. The Balaban J connectivity index is 2.05. The van der Waals surface area contributed by atoms with E-state index in [9.17, 15) is 4.79 Å². The van der Waals surface area contributed by atoms with E-state index in [4.69, 9.17) is 10.5 Å². The summed E-state index contributed by atoms with van der Waals surface area (Å²) in [5, 5.41) is 0. The van der Waals surface area contributed by atoms with Crippen LogP contribution in [0.15, 0.2) is 43.0 Å². The molecule has 1 aromatic heterocycles. The van der Waals surface area contributed by atoms with Gasteiger partial charge in [-0.2, -0.15) is 0 Å². The van der Waals surface area contributed by atoms with E-state index in [0.717, 1.165) is 5.56 Å². The zero-order chi connectivity index (χ0) is 14.4. The van der Waals surface area contributed by atoms with E-state index in [1.54, 1.807) is 24.7 Å². The maximum absolute atomic E-state index is 11.0. The van der Waals surface area contributed by atoms with Crippen LogP contribution in [-0.2, 0) is 9.53 Å². The Labute approximate surface area is 117 Å². The second kappa shape index (κ2) is 6.72. The van der Waals surface area contributed by atoms with Crippen molar-refractivity contribution < 1.29 is 14.3 Å². The van der Waals surface area contributed by atoms with Crippen LogP contribution in [0.2, 0.25) is 0 Å². The van der Waals surface area contributed by atoms with Crippen molar-refractivity contribution in [2.45, 2.75) is 6.04 Å². The van der Waals surface area contributed by atoms with Gasteiger partial charge in [0, 0.05) is 18.9 Å². The maximum atomic E-state index is 11.0. The Bertz CT molecular complexity index is 537. The first-order valence-electron chi connectivity index (χ1n) is 6.21. The Hall–Kier alpha value is -2.34. The molecule has 1 unspecified atom stereocenters. The van der Waals surface area contributed by atoms with Crippen LogP contribution >= 0.6 is 0 Å². The fourth-order valence-corrected chi connectivity index (χ4v) is 1.87. The number of carbonyl (C=O) groups excluding carboxylic acids is 1. The van der Waals surface area contributed by atoms with Gasteiger partial charge in [0.15, 0.2) is 6.61 Å². The lowest BCUT2D eigenvalue weighted by atomic mass is 10.1. The summed E-state index contributed by atoms with van der Waals surface area (Å²) in [6.07, 6.45) is 5.33. The summed E-state index contributed by atoms with van der Waals surface area (Å²) in [5.74, 6) is 0.202. The molecule has 0 bridgehead atoms. The van der Waals surface area contributed by atoms with E-state index in [0.29, 0.717) is 12.3 Å². The minimum atomic E-state index is -0.410. The van der Waals surface area contributed by atoms with Crippen molar-refractivity contribution >= 4 is 5.97 Å². The lowest BCUT2D eigenvalue weighted by Crippen LogP contribution is -2.19. The van der Waals surface area contributed by atoms with Crippen LogP contribution in [0.5, 0.6) is 5.75 Å². The van der Waals surface area contributed by atoms with Gasteiger partial charge in [-0.1, -0.05) is 12.1 Å². The van der Waals surface area contributed by atoms with E-state index >= 15 is 0 Å². The smallest absolute Gasteiger partial charge is 0.343 e. The molecule has 2 rings (SSSR count).